The third kappa shape index (κ3) is 2.41. The summed E-state index contributed by atoms with van der Waals surface area (Å²) in [4.78, 5) is 2.34. The second-order valence-electron chi connectivity index (χ2n) is 4.62. The minimum atomic E-state index is 0.589. The van der Waals surface area contributed by atoms with Crippen molar-refractivity contribution in [2.45, 2.75) is 25.8 Å². The lowest BCUT2D eigenvalue weighted by Crippen LogP contribution is -2.30. The Morgan fingerprint density at radius 2 is 2.19 bits per heavy atom. The van der Waals surface area contributed by atoms with Gasteiger partial charge >= 0.3 is 0 Å². The van der Waals surface area contributed by atoms with E-state index in [2.05, 4.69) is 46.1 Å². The van der Waals surface area contributed by atoms with Crippen LogP contribution in [0.5, 0.6) is 0 Å². The first-order valence-electron chi connectivity index (χ1n) is 5.91. The number of halogens is 1. The van der Waals surface area contributed by atoms with Gasteiger partial charge in [-0.3, -0.25) is 0 Å². The average molecular weight is 283 g/mol. The molecule has 1 aliphatic rings. The van der Waals surface area contributed by atoms with Crippen molar-refractivity contribution >= 4 is 21.6 Å². The van der Waals surface area contributed by atoms with Gasteiger partial charge in [0.05, 0.1) is 0 Å². The summed E-state index contributed by atoms with van der Waals surface area (Å²) >= 11 is 3.57. The number of nitrogens with zero attached hydrogens (tertiary/aromatic N) is 1. The summed E-state index contributed by atoms with van der Waals surface area (Å²) in [6.07, 6.45) is 4.17. The molecule has 2 nitrogen and oxygen atoms in total. The predicted molar refractivity (Wildman–Crippen MR) is 72.6 cm³/mol. The lowest BCUT2D eigenvalue weighted by atomic mass is 9.85. The molecule has 3 heteroatoms. The Morgan fingerprint density at radius 1 is 1.44 bits per heavy atom. The highest BCUT2D eigenvalue weighted by Gasteiger charge is 2.20. The fraction of sp³-hybridized carbons (Fsp3) is 0.538. The largest absolute Gasteiger partial charge is 0.374 e. The van der Waals surface area contributed by atoms with Crippen molar-refractivity contribution in [1.82, 2.24) is 0 Å². The Morgan fingerprint density at radius 3 is 2.75 bits per heavy atom. The van der Waals surface area contributed by atoms with Crippen LogP contribution >= 0.6 is 15.9 Å². The van der Waals surface area contributed by atoms with Gasteiger partial charge in [-0.2, -0.15) is 0 Å². The monoisotopic (exact) mass is 282 g/mol. The third-order valence-electron chi connectivity index (χ3n) is 3.47. The van der Waals surface area contributed by atoms with Crippen LogP contribution in [-0.2, 0) is 6.54 Å². The van der Waals surface area contributed by atoms with E-state index < -0.39 is 0 Å². The molecule has 1 aliphatic carbocycles. The molecule has 1 aromatic rings. The number of nitrogens with two attached hydrogens (primary N) is 1. The molecule has 1 saturated carbocycles. The van der Waals surface area contributed by atoms with Gasteiger partial charge in [0.2, 0.25) is 0 Å². The van der Waals surface area contributed by atoms with Crippen molar-refractivity contribution in [3.63, 3.8) is 0 Å². The van der Waals surface area contributed by atoms with Gasteiger partial charge < -0.3 is 10.6 Å². The SMILES string of the molecule is CN(CC1CCC1)c1cccc(Br)c1CN. The van der Waals surface area contributed by atoms with E-state index in [1.165, 1.54) is 30.5 Å². The van der Waals surface area contributed by atoms with Gasteiger partial charge in [0.25, 0.3) is 0 Å². The predicted octanol–water partition coefficient (Wildman–Crippen LogP) is 3.14. The van der Waals surface area contributed by atoms with Gasteiger partial charge in [-0.15, -0.1) is 0 Å². The fourth-order valence-electron chi connectivity index (χ4n) is 2.27. The molecule has 0 aliphatic heterocycles. The van der Waals surface area contributed by atoms with Gasteiger partial charge in [-0.05, 0) is 30.9 Å². The highest BCUT2D eigenvalue weighted by Crippen LogP contribution is 2.31. The van der Waals surface area contributed by atoms with Gasteiger partial charge in [0, 0.05) is 35.9 Å². The summed E-state index contributed by atoms with van der Waals surface area (Å²) in [6, 6.07) is 6.30. The Hall–Kier alpha value is -0.540. The van der Waals surface area contributed by atoms with Crippen molar-refractivity contribution in [3.8, 4) is 0 Å². The number of rotatable bonds is 4. The standard InChI is InChI=1S/C13H19BrN2/c1-16(9-10-4-2-5-10)13-7-3-6-12(14)11(13)8-15/h3,6-7,10H,2,4-5,8-9,15H2,1H3. The highest BCUT2D eigenvalue weighted by atomic mass is 79.9. The molecule has 88 valence electrons. The van der Waals surface area contributed by atoms with Gasteiger partial charge in [-0.1, -0.05) is 28.4 Å². The zero-order valence-corrected chi connectivity index (χ0v) is 11.3. The van der Waals surface area contributed by atoms with Crippen molar-refractivity contribution in [1.29, 1.82) is 0 Å². The molecule has 0 heterocycles. The molecule has 0 bridgehead atoms. The molecule has 0 aromatic heterocycles. The maximum Gasteiger partial charge on any atom is 0.0420 e. The van der Waals surface area contributed by atoms with Crippen molar-refractivity contribution in [2.24, 2.45) is 11.7 Å². The molecule has 0 amide bonds. The summed E-state index contributed by atoms with van der Waals surface area (Å²) in [7, 11) is 2.17. The van der Waals surface area contributed by atoms with E-state index in [1.807, 2.05) is 0 Å². The topological polar surface area (TPSA) is 29.3 Å². The maximum atomic E-state index is 5.81. The van der Waals surface area contributed by atoms with Crippen LogP contribution in [0.4, 0.5) is 5.69 Å². The summed E-state index contributed by atoms with van der Waals surface area (Å²) in [5.41, 5.74) is 8.29. The first kappa shape index (κ1) is 11.9. The smallest absolute Gasteiger partial charge is 0.0420 e. The Kier molecular flexibility index (Phi) is 3.87. The van der Waals surface area contributed by atoms with Gasteiger partial charge in [0.15, 0.2) is 0 Å². The van der Waals surface area contributed by atoms with Crippen LogP contribution < -0.4 is 10.6 Å². The van der Waals surface area contributed by atoms with Crippen molar-refractivity contribution in [2.75, 3.05) is 18.5 Å². The molecule has 2 N–H and O–H groups in total. The number of hydrogen-bond donors (Lipinski definition) is 1. The maximum absolute atomic E-state index is 5.81. The minimum Gasteiger partial charge on any atom is -0.374 e. The molecule has 2 rings (SSSR count). The number of benzene rings is 1. The lowest BCUT2D eigenvalue weighted by Gasteiger charge is -2.32. The van der Waals surface area contributed by atoms with E-state index in [-0.39, 0.29) is 0 Å². The molecule has 0 unspecified atom stereocenters. The van der Waals surface area contributed by atoms with Crippen LogP contribution in [0.25, 0.3) is 0 Å². The minimum absolute atomic E-state index is 0.589. The normalized spacial score (nSPS) is 15.9. The summed E-state index contributed by atoms with van der Waals surface area (Å²) in [6.45, 7) is 1.75. The van der Waals surface area contributed by atoms with Gasteiger partial charge in [-0.25, -0.2) is 0 Å². The first-order chi connectivity index (χ1) is 7.72. The molecular weight excluding hydrogens is 264 g/mol. The van der Waals surface area contributed by atoms with Crippen molar-refractivity contribution in [3.05, 3.63) is 28.2 Å². The van der Waals surface area contributed by atoms with E-state index in [9.17, 15) is 0 Å². The molecule has 0 radical (unpaired) electrons. The molecule has 1 fully saturated rings. The molecular formula is C13H19BrN2. The zero-order chi connectivity index (χ0) is 11.5. The quantitative estimate of drug-likeness (QED) is 0.919. The Balaban J connectivity index is 2.14. The van der Waals surface area contributed by atoms with E-state index >= 15 is 0 Å². The molecule has 0 spiro atoms. The second kappa shape index (κ2) is 5.19. The van der Waals surface area contributed by atoms with Crippen LogP contribution in [0.15, 0.2) is 22.7 Å². The summed E-state index contributed by atoms with van der Waals surface area (Å²) in [5.74, 6) is 0.884. The van der Waals surface area contributed by atoms with Crippen LogP contribution in [0.3, 0.4) is 0 Å². The highest BCUT2D eigenvalue weighted by molar-refractivity contribution is 9.10. The van der Waals surface area contributed by atoms with Crippen LogP contribution in [0.1, 0.15) is 24.8 Å². The van der Waals surface area contributed by atoms with Gasteiger partial charge in [0.1, 0.15) is 0 Å². The zero-order valence-electron chi connectivity index (χ0n) is 9.75. The van der Waals surface area contributed by atoms with E-state index in [1.54, 1.807) is 0 Å². The Bertz CT molecular complexity index is 361. The second-order valence-corrected chi connectivity index (χ2v) is 5.47. The molecule has 0 saturated heterocycles. The van der Waals surface area contributed by atoms with Crippen LogP contribution in [0, 0.1) is 5.92 Å². The lowest BCUT2D eigenvalue weighted by molar-refractivity contribution is 0.321. The Labute approximate surface area is 106 Å². The summed E-state index contributed by atoms with van der Waals surface area (Å²) < 4.78 is 1.12. The molecule has 16 heavy (non-hydrogen) atoms. The first-order valence-corrected chi connectivity index (χ1v) is 6.70. The number of hydrogen-bond acceptors (Lipinski definition) is 2. The van der Waals surface area contributed by atoms with E-state index in [4.69, 9.17) is 5.73 Å². The van der Waals surface area contributed by atoms with E-state index in [0.717, 1.165) is 16.9 Å². The fourth-order valence-corrected chi connectivity index (χ4v) is 2.79. The number of anilines is 1. The average Bonchev–Trinajstić information content (AvgIpc) is 2.22. The summed E-state index contributed by atoms with van der Waals surface area (Å²) in [5, 5.41) is 0. The third-order valence-corrected chi connectivity index (χ3v) is 4.21. The molecule has 1 aromatic carbocycles. The van der Waals surface area contributed by atoms with Crippen LogP contribution in [-0.4, -0.2) is 13.6 Å². The van der Waals surface area contributed by atoms with Crippen molar-refractivity contribution < 1.29 is 0 Å². The molecule has 0 atom stereocenters. The van der Waals surface area contributed by atoms with Crippen LogP contribution in [0.2, 0.25) is 0 Å². The van der Waals surface area contributed by atoms with E-state index in [0.29, 0.717) is 6.54 Å².